The van der Waals surface area contributed by atoms with Crippen LogP contribution in [-0.4, -0.2) is 36.2 Å². The van der Waals surface area contributed by atoms with Crippen LogP contribution in [0.25, 0.3) is 0 Å². The zero-order valence-corrected chi connectivity index (χ0v) is 12.1. The van der Waals surface area contributed by atoms with Gasteiger partial charge in [0.2, 0.25) is 0 Å². The summed E-state index contributed by atoms with van der Waals surface area (Å²) in [6, 6.07) is 0.318. The van der Waals surface area contributed by atoms with Gasteiger partial charge in [0, 0.05) is 6.04 Å². The van der Waals surface area contributed by atoms with Gasteiger partial charge in [-0.05, 0) is 88.6 Å². The Morgan fingerprint density at radius 3 is 2.06 bits per heavy atom. The van der Waals surface area contributed by atoms with Crippen LogP contribution in [0, 0.1) is 23.2 Å². The molecule has 1 N–H and O–H groups in total. The second-order valence-corrected chi connectivity index (χ2v) is 7.68. The Labute approximate surface area is 112 Å². The summed E-state index contributed by atoms with van der Waals surface area (Å²) in [5, 5.41) is 9.22. The second kappa shape index (κ2) is 4.79. The molecule has 4 aliphatic carbocycles. The molecule has 2 heteroatoms. The summed E-state index contributed by atoms with van der Waals surface area (Å²) < 4.78 is 0. The van der Waals surface area contributed by atoms with Crippen LogP contribution in [0.5, 0.6) is 0 Å². The molecule has 4 bridgehead atoms. The summed E-state index contributed by atoms with van der Waals surface area (Å²) in [6.07, 6.45) is 10.5. The van der Waals surface area contributed by atoms with E-state index in [2.05, 4.69) is 18.9 Å². The van der Waals surface area contributed by atoms with Gasteiger partial charge in [0.05, 0.1) is 6.61 Å². The number of hydrogen-bond acceptors (Lipinski definition) is 2. The number of aliphatic hydroxyl groups is 1. The Balaban J connectivity index is 1.59. The van der Waals surface area contributed by atoms with Gasteiger partial charge in [0.1, 0.15) is 0 Å². The van der Waals surface area contributed by atoms with Crippen LogP contribution >= 0.6 is 0 Å². The highest BCUT2D eigenvalue weighted by molar-refractivity contribution is 5.01. The Morgan fingerprint density at radius 1 is 1.11 bits per heavy atom. The normalized spacial score (nSPS) is 43.7. The lowest BCUT2D eigenvalue weighted by Gasteiger charge is -2.57. The van der Waals surface area contributed by atoms with E-state index in [1.54, 1.807) is 19.3 Å². The van der Waals surface area contributed by atoms with Gasteiger partial charge in [-0.1, -0.05) is 0 Å². The highest BCUT2D eigenvalue weighted by atomic mass is 16.3. The molecule has 0 radical (unpaired) electrons. The minimum absolute atomic E-state index is 0.289. The van der Waals surface area contributed by atoms with E-state index in [4.69, 9.17) is 0 Å². The lowest BCUT2D eigenvalue weighted by atomic mass is 9.49. The van der Waals surface area contributed by atoms with Crippen LogP contribution in [0.15, 0.2) is 0 Å². The molecular weight excluding hydrogens is 222 g/mol. The summed E-state index contributed by atoms with van der Waals surface area (Å²) >= 11 is 0. The first-order valence-corrected chi connectivity index (χ1v) is 7.91. The number of aliphatic hydroxyl groups excluding tert-OH is 1. The molecule has 0 saturated heterocycles. The molecule has 2 nitrogen and oxygen atoms in total. The molecule has 0 aromatic rings. The molecule has 4 rings (SSSR count). The number of rotatable bonds is 5. The van der Waals surface area contributed by atoms with Crippen LogP contribution in [0.3, 0.4) is 0 Å². The fraction of sp³-hybridized carbons (Fsp3) is 1.00. The maximum atomic E-state index is 9.22. The standard InChI is InChI=1S/C16H29NO/c1-12(11-18)17(2)4-3-16-8-13-5-14(9-16)7-15(6-13)10-16/h12-15,18H,3-11H2,1-2H3. The van der Waals surface area contributed by atoms with Crippen molar-refractivity contribution in [2.75, 3.05) is 20.2 Å². The van der Waals surface area contributed by atoms with Crippen molar-refractivity contribution in [2.24, 2.45) is 23.2 Å². The van der Waals surface area contributed by atoms with Crippen molar-refractivity contribution in [1.82, 2.24) is 4.90 Å². The zero-order chi connectivity index (χ0) is 12.8. The van der Waals surface area contributed by atoms with Crippen LogP contribution in [-0.2, 0) is 0 Å². The average Bonchev–Trinajstić information content (AvgIpc) is 2.33. The summed E-state index contributed by atoms with van der Waals surface area (Å²) in [5.41, 5.74) is 0.693. The molecule has 4 saturated carbocycles. The molecule has 1 atom stereocenters. The highest BCUT2D eigenvalue weighted by Crippen LogP contribution is 2.61. The van der Waals surface area contributed by atoms with Gasteiger partial charge in [-0.25, -0.2) is 0 Å². The van der Waals surface area contributed by atoms with Crippen molar-refractivity contribution in [3.8, 4) is 0 Å². The Morgan fingerprint density at radius 2 is 1.61 bits per heavy atom. The number of hydrogen-bond donors (Lipinski definition) is 1. The van der Waals surface area contributed by atoms with Gasteiger partial charge in [-0.3, -0.25) is 0 Å². The average molecular weight is 251 g/mol. The molecule has 104 valence electrons. The Bertz CT molecular complexity index is 266. The second-order valence-electron chi connectivity index (χ2n) is 7.68. The van der Waals surface area contributed by atoms with Crippen molar-refractivity contribution in [3.63, 3.8) is 0 Å². The third kappa shape index (κ3) is 2.34. The highest BCUT2D eigenvalue weighted by Gasteiger charge is 2.50. The maximum absolute atomic E-state index is 9.22. The molecule has 4 aliphatic rings. The summed E-state index contributed by atoms with van der Waals surface area (Å²) in [6.45, 7) is 3.59. The van der Waals surface area contributed by atoms with Gasteiger partial charge in [-0.2, -0.15) is 0 Å². The summed E-state index contributed by atoms with van der Waals surface area (Å²) in [4.78, 5) is 2.35. The minimum atomic E-state index is 0.289. The van der Waals surface area contributed by atoms with Crippen LogP contribution < -0.4 is 0 Å². The monoisotopic (exact) mass is 251 g/mol. The molecule has 0 spiro atoms. The molecule has 18 heavy (non-hydrogen) atoms. The zero-order valence-electron chi connectivity index (χ0n) is 12.1. The minimum Gasteiger partial charge on any atom is -0.395 e. The molecule has 0 heterocycles. The lowest BCUT2D eigenvalue weighted by Crippen LogP contribution is -2.47. The number of nitrogens with zero attached hydrogens (tertiary/aromatic N) is 1. The third-order valence-corrected chi connectivity index (χ3v) is 6.18. The molecule has 1 unspecified atom stereocenters. The van der Waals surface area contributed by atoms with Crippen molar-refractivity contribution < 1.29 is 5.11 Å². The van der Waals surface area contributed by atoms with Crippen molar-refractivity contribution in [3.05, 3.63) is 0 Å². The molecule has 0 aromatic heterocycles. The quantitative estimate of drug-likeness (QED) is 0.812. The molecular formula is C16H29NO. The van der Waals surface area contributed by atoms with E-state index in [-0.39, 0.29) is 6.61 Å². The topological polar surface area (TPSA) is 23.5 Å². The summed E-state index contributed by atoms with van der Waals surface area (Å²) in [5.74, 6) is 3.20. The predicted molar refractivity (Wildman–Crippen MR) is 74.4 cm³/mol. The summed E-state index contributed by atoms with van der Waals surface area (Å²) in [7, 11) is 2.17. The SMILES string of the molecule is CC(CO)N(C)CCC12CC3CC(CC(C3)C1)C2. The Kier molecular flexibility index (Phi) is 3.44. The van der Waals surface area contributed by atoms with Gasteiger partial charge in [0.25, 0.3) is 0 Å². The van der Waals surface area contributed by atoms with E-state index >= 15 is 0 Å². The van der Waals surface area contributed by atoms with Crippen molar-refractivity contribution >= 4 is 0 Å². The van der Waals surface area contributed by atoms with E-state index < -0.39 is 0 Å². The first-order valence-electron chi connectivity index (χ1n) is 7.91. The van der Waals surface area contributed by atoms with Gasteiger partial charge in [0.15, 0.2) is 0 Å². The van der Waals surface area contributed by atoms with Crippen LogP contribution in [0.1, 0.15) is 51.9 Å². The van der Waals surface area contributed by atoms with Crippen LogP contribution in [0.4, 0.5) is 0 Å². The fourth-order valence-electron chi connectivity index (χ4n) is 5.37. The molecule has 0 aliphatic heterocycles. The first-order chi connectivity index (χ1) is 8.60. The van der Waals surface area contributed by atoms with Crippen molar-refractivity contribution in [2.45, 2.75) is 57.9 Å². The molecule has 0 aromatic carbocycles. The van der Waals surface area contributed by atoms with E-state index in [9.17, 15) is 5.11 Å². The van der Waals surface area contributed by atoms with E-state index in [0.29, 0.717) is 11.5 Å². The first kappa shape index (κ1) is 12.9. The van der Waals surface area contributed by atoms with E-state index in [1.807, 2.05) is 0 Å². The smallest absolute Gasteiger partial charge is 0.0584 e. The maximum Gasteiger partial charge on any atom is 0.0584 e. The lowest BCUT2D eigenvalue weighted by molar-refractivity contribution is -0.0617. The van der Waals surface area contributed by atoms with Crippen LogP contribution in [0.2, 0.25) is 0 Å². The van der Waals surface area contributed by atoms with E-state index in [1.165, 1.54) is 32.2 Å². The fourth-order valence-corrected chi connectivity index (χ4v) is 5.37. The van der Waals surface area contributed by atoms with Gasteiger partial charge < -0.3 is 10.0 Å². The third-order valence-electron chi connectivity index (χ3n) is 6.18. The predicted octanol–water partition coefficient (Wildman–Crippen LogP) is 2.91. The van der Waals surface area contributed by atoms with Gasteiger partial charge in [-0.15, -0.1) is 0 Å². The molecule has 4 fully saturated rings. The Hall–Kier alpha value is -0.0800. The number of likely N-dealkylation sites (N-methyl/N-ethyl adjacent to an activating group) is 1. The largest absolute Gasteiger partial charge is 0.395 e. The van der Waals surface area contributed by atoms with Gasteiger partial charge >= 0.3 is 0 Å². The van der Waals surface area contributed by atoms with Crippen molar-refractivity contribution in [1.29, 1.82) is 0 Å². The van der Waals surface area contributed by atoms with E-state index in [0.717, 1.165) is 17.8 Å². The molecule has 0 amide bonds.